The molecule has 3 aromatic heterocycles. The van der Waals surface area contributed by atoms with E-state index in [0.29, 0.717) is 17.1 Å². The minimum Gasteiger partial charge on any atom is -0.497 e. The lowest BCUT2D eigenvalue weighted by Crippen LogP contribution is -2.13. The van der Waals surface area contributed by atoms with Crippen LogP contribution in [0.5, 0.6) is 17.2 Å². The number of hydrogen-bond donors (Lipinski definition) is 1. The van der Waals surface area contributed by atoms with Gasteiger partial charge in [-0.15, -0.1) is 0 Å². The highest BCUT2D eigenvalue weighted by molar-refractivity contribution is 6.03. The highest BCUT2D eigenvalue weighted by atomic mass is 16.6. The first kappa shape index (κ1) is 24.4. The first-order valence-electron chi connectivity index (χ1n) is 11.7. The summed E-state index contributed by atoms with van der Waals surface area (Å²) in [5.41, 5.74) is 3.06. The number of carbonyl (C=O) groups is 1. The van der Waals surface area contributed by atoms with Crippen LogP contribution in [0.4, 0.5) is 11.4 Å². The summed E-state index contributed by atoms with van der Waals surface area (Å²) in [5, 5.41) is 23.0. The van der Waals surface area contributed by atoms with Gasteiger partial charge >= 0.3 is 0 Å². The molecule has 0 fully saturated rings. The third-order valence-corrected chi connectivity index (χ3v) is 5.92. The quantitative estimate of drug-likeness (QED) is 0.229. The number of amides is 1. The average molecular weight is 514 g/mol. The first-order chi connectivity index (χ1) is 18.4. The fourth-order valence-electron chi connectivity index (χ4n) is 4.02. The van der Waals surface area contributed by atoms with Crippen LogP contribution in [0.2, 0.25) is 0 Å². The Bertz CT molecular complexity index is 1660. The molecule has 0 spiro atoms. The number of carbonyl (C=O) groups excluding carboxylic acids is 1. The average Bonchev–Trinajstić information content (AvgIpc) is 3.52. The molecule has 12 heteroatoms. The molecule has 38 heavy (non-hydrogen) atoms. The number of fused-ring (bicyclic) bond motifs is 1. The van der Waals surface area contributed by atoms with E-state index < -0.39 is 10.8 Å². The number of rotatable bonds is 8. The lowest BCUT2D eigenvalue weighted by atomic mass is 10.2. The van der Waals surface area contributed by atoms with Crippen LogP contribution in [0.3, 0.4) is 0 Å². The molecule has 0 saturated carbocycles. The van der Waals surface area contributed by atoms with E-state index in [-0.39, 0.29) is 22.8 Å². The number of aromatic nitrogens is 5. The Hall–Kier alpha value is -5.26. The van der Waals surface area contributed by atoms with Crippen LogP contribution in [0.25, 0.3) is 16.9 Å². The number of hydrogen-bond acceptors (Lipinski definition) is 8. The Morgan fingerprint density at radius 3 is 2.53 bits per heavy atom. The van der Waals surface area contributed by atoms with Crippen molar-refractivity contribution in [2.45, 2.75) is 20.4 Å². The number of nitro groups is 1. The van der Waals surface area contributed by atoms with Gasteiger partial charge in [-0.2, -0.15) is 10.2 Å². The second-order valence-electron chi connectivity index (χ2n) is 8.29. The topological polar surface area (TPSA) is 139 Å². The van der Waals surface area contributed by atoms with Gasteiger partial charge in [0.05, 0.1) is 35.7 Å². The largest absolute Gasteiger partial charge is 0.497 e. The van der Waals surface area contributed by atoms with E-state index in [2.05, 4.69) is 20.5 Å². The Kier molecular flexibility index (Phi) is 6.44. The molecule has 0 atom stereocenters. The van der Waals surface area contributed by atoms with Gasteiger partial charge in [-0.25, -0.2) is 9.50 Å². The molecule has 0 aliphatic rings. The fraction of sp³-hybridized carbons (Fsp3) is 0.154. The number of ether oxygens (including phenoxy) is 2. The van der Waals surface area contributed by atoms with Gasteiger partial charge < -0.3 is 14.8 Å². The van der Waals surface area contributed by atoms with Gasteiger partial charge in [0.1, 0.15) is 17.2 Å². The van der Waals surface area contributed by atoms with Crippen molar-refractivity contribution in [3.63, 3.8) is 0 Å². The van der Waals surface area contributed by atoms with Crippen LogP contribution < -0.4 is 14.8 Å². The fourth-order valence-corrected chi connectivity index (χ4v) is 4.02. The van der Waals surface area contributed by atoms with Gasteiger partial charge in [-0.3, -0.25) is 19.6 Å². The summed E-state index contributed by atoms with van der Waals surface area (Å²) >= 11 is 0. The lowest BCUT2D eigenvalue weighted by Gasteiger charge is -2.09. The molecule has 12 nitrogen and oxygen atoms in total. The molecule has 5 aromatic rings. The molecule has 1 N–H and O–H groups in total. The summed E-state index contributed by atoms with van der Waals surface area (Å²) in [4.78, 5) is 28.4. The molecule has 192 valence electrons. The van der Waals surface area contributed by atoms with E-state index in [4.69, 9.17) is 9.47 Å². The summed E-state index contributed by atoms with van der Waals surface area (Å²) in [5.74, 6) is 0.716. The van der Waals surface area contributed by atoms with E-state index in [1.807, 2.05) is 18.5 Å². The Balaban J connectivity index is 1.44. The van der Waals surface area contributed by atoms with Crippen molar-refractivity contribution in [1.82, 2.24) is 24.4 Å². The molecule has 2 aromatic carbocycles. The zero-order valence-electron chi connectivity index (χ0n) is 20.8. The highest BCUT2D eigenvalue weighted by Gasteiger charge is 2.19. The first-order valence-corrected chi connectivity index (χ1v) is 11.7. The zero-order valence-corrected chi connectivity index (χ0v) is 20.8. The lowest BCUT2D eigenvalue weighted by molar-refractivity contribution is -0.384. The number of nitrogens with one attached hydrogen (secondary N) is 1. The van der Waals surface area contributed by atoms with E-state index in [0.717, 1.165) is 23.5 Å². The summed E-state index contributed by atoms with van der Waals surface area (Å²) in [6, 6.07) is 14.1. The standard InChI is InChI=1S/C26H23N7O5/c1-4-31-16(2)22(15-28-31)24-9-10-27-25-14-23(30-32(24)25)26(34)29-17-11-18(33(35)36)13-21(12-17)38-20-7-5-19(37-3)6-8-20/h5-15H,4H2,1-3H3,(H,29,34). The van der Waals surface area contributed by atoms with Gasteiger partial charge in [0.25, 0.3) is 11.6 Å². The summed E-state index contributed by atoms with van der Waals surface area (Å²) in [7, 11) is 1.55. The van der Waals surface area contributed by atoms with Crippen molar-refractivity contribution < 1.29 is 19.2 Å². The summed E-state index contributed by atoms with van der Waals surface area (Å²) in [6.07, 6.45) is 3.39. The van der Waals surface area contributed by atoms with Crippen molar-refractivity contribution in [2.24, 2.45) is 0 Å². The Labute approximate surface area is 216 Å². The third-order valence-electron chi connectivity index (χ3n) is 5.92. The minimum atomic E-state index is -0.559. The van der Waals surface area contributed by atoms with Crippen LogP contribution in [-0.4, -0.2) is 42.3 Å². The normalized spacial score (nSPS) is 10.9. The molecule has 1 amide bonds. The smallest absolute Gasteiger partial charge is 0.276 e. The van der Waals surface area contributed by atoms with E-state index in [1.54, 1.807) is 60.4 Å². The molecular weight excluding hydrogens is 490 g/mol. The van der Waals surface area contributed by atoms with Crippen molar-refractivity contribution in [3.05, 3.63) is 88.5 Å². The molecule has 0 unspecified atom stereocenters. The number of nitro benzene ring substituents is 1. The molecular formula is C26H23N7O5. The maximum Gasteiger partial charge on any atom is 0.276 e. The molecule has 3 heterocycles. The molecule has 0 aliphatic carbocycles. The van der Waals surface area contributed by atoms with Crippen molar-refractivity contribution in [1.29, 1.82) is 0 Å². The Morgan fingerprint density at radius 1 is 1.08 bits per heavy atom. The summed E-state index contributed by atoms with van der Waals surface area (Å²) in [6.45, 7) is 4.69. The Morgan fingerprint density at radius 2 is 1.84 bits per heavy atom. The highest BCUT2D eigenvalue weighted by Crippen LogP contribution is 2.31. The third kappa shape index (κ3) is 4.74. The van der Waals surface area contributed by atoms with Gasteiger partial charge in [-0.05, 0) is 44.2 Å². The number of aryl methyl sites for hydroxylation is 1. The molecule has 0 aliphatic heterocycles. The van der Waals surface area contributed by atoms with E-state index >= 15 is 0 Å². The molecule has 0 bridgehead atoms. The van der Waals surface area contributed by atoms with Crippen LogP contribution in [-0.2, 0) is 6.54 Å². The number of benzene rings is 2. The number of methoxy groups -OCH3 is 1. The maximum absolute atomic E-state index is 13.1. The SMILES string of the molecule is CCn1ncc(-c2ccnc3cc(C(=O)Nc4cc(Oc5ccc(OC)cc5)cc([N+](=O)[O-])c4)nn23)c1C. The van der Waals surface area contributed by atoms with Gasteiger partial charge in [0.15, 0.2) is 11.3 Å². The van der Waals surface area contributed by atoms with Crippen LogP contribution in [0.15, 0.2) is 67.0 Å². The summed E-state index contributed by atoms with van der Waals surface area (Å²) < 4.78 is 14.4. The zero-order chi connectivity index (χ0) is 26.8. The predicted octanol–water partition coefficient (Wildman–Crippen LogP) is 4.88. The van der Waals surface area contributed by atoms with Crippen LogP contribution >= 0.6 is 0 Å². The number of anilines is 1. The van der Waals surface area contributed by atoms with Gasteiger partial charge in [-0.1, -0.05) is 0 Å². The van der Waals surface area contributed by atoms with E-state index in [9.17, 15) is 14.9 Å². The van der Waals surface area contributed by atoms with Crippen molar-refractivity contribution >= 4 is 22.9 Å². The number of nitrogens with zero attached hydrogens (tertiary/aromatic N) is 6. The van der Waals surface area contributed by atoms with Crippen LogP contribution in [0, 0.1) is 17.0 Å². The second kappa shape index (κ2) is 10.0. The minimum absolute atomic E-state index is 0.0922. The molecule has 0 radical (unpaired) electrons. The maximum atomic E-state index is 13.1. The van der Waals surface area contributed by atoms with Gasteiger partial charge in [0.2, 0.25) is 0 Å². The van der Waals surface area contributed by atoms with Crippen molar-refractivity contribution in [2.75, 3.05) is 12.4 Å². The molecule has 5 rings (SSSR count). The van der Waals surface area contributed by atoms with E-state index in [1.165, 1.54) is 18.2 Å². The van der Waals surface area contributed by atoms with Crippen LogP contribution in [0.1, 0.15) is 23.1 Å². The van der Waals surface area contributed by atoms with Gasteiger partial charge in [0, 0.05) is 42.2 Å². The van der Waals surface area contributed by atoms with Crippen molar-refractivity contribution in [3.8, 4) is 28.5 Å². The monoisotopic (exact) mass is 513 g/mol. The number of non-ortho nitro benzene ring substituents is 1. The predicted molar refractivity (Wildman–Crippen MR) is 139 cm³/mol. The second-order valence-corrected chi connectivity index (χ2v) is 8.29. The molecule has 0 saturated heterocycles.